The SMILES string of the molecule is COCCn1c(-c2ccccn2)nc2cc(NC(C)=O)cc(C(=O)NC(C)c3ccccc3Cl)c21. The lowest BCUT2D eigenvalue weighted by Gasteiger charge is -2.17. The molecule has 4 aromatic rings. The Labute approximate surface area is 208 Å². The highest BCUT2D eigenvalue weighted by molar-refractivity contribution is 6.31. The number of carbonyl (C=O) groups excluding carboxylic acids is 2. The lowest BCUT2D eigenvalue weighted by atomic mass is 10.1. The molecule has 180 valence electrons. The number of imidazole rings is 1. The predicted octanol–water partition coefficient (Wildman–Crippen LogP) is 4.85. The fraction of sp³-hybridized carbons (Fsp3) is 0.231. The molecule has 2 amide bonds. The molecule has 9 heteroatoms. The molecule has 8 nitrogen and oxygen atoms in total. The van der Waals surface area contributed by atoms with E-state index in [2.05, 4.69) is 15.6 Å². The molecular weight excluding hydrogens is 466 g/mol. The smallest absolute Gasteiger partial charge is 0.254 e. The Hall–Kier alpha value is -3.75. The summed E-state index contributed by atoms with van der Waals surface area (Å²) in [6, 6.07) is 16.0. The van der Waals surface area contributed by atoms with E-state index in [0.29, 0.717) is 52.0 Å². The number of fused-ring (bicyclic) bond motifs is 1. The largest absolute Gasteiger partial charge is 0.383 e. The predicted molar refractivity (Wildman–Crippen MR) is 136 cm³/mol. The minimum absolute atomic E-state index is 0.246. The fourth-order valence-corrected chi connectivity index (χ4v) is 4.29. The van der Waals surface area contributed by atoms with Gasteiger partial charge >= 0.3 is 0 Å². The number of nitrogens with one attached hydrogen (secondary N) is 2. The van der Waals surface area contributed by atoms with Crippen molar-refractivity contribution in [3.05, 3.63) is 76.9 Å². The summed E-state index contributed by atoms with van der Waals surface area (Å²) in [4.78, 5) is 34.6. The van der Waals surface area contributed by atoms with Crippen LogP contribution < -0.4 is 10.6 Å². The molecule has 0 aliphatic heterocycles. The van der Waals surface area contributed by atoms with Gasteiger partial charge in [-0.05, 0) is 42.8 Å². The number of carbonyl (C=O) groups is 2. The lowest BCUT2D eigenvalue weighted by molar-refractivity contribution is -0.114. The lowest BCUT2D eigenvalue weighted by Crippen LogP contribution is -2.27. The normalized spacial score (nSPS) is 11.9. The van der Waals surface area contributed by atoms with Crippen molar-refractivity contribution in [1.29, 1.82) is 0 Å². The molecule has 1 atom stereocenters. The number of rotatable bonds is 8. The van der Waals surface area contributed by atoms with Crippen LogP contribution in [0.5, 0.6) is 0 Å². The van der Waals surface area contributed by atoms with Crippen molar-refractivity contribution in [2.45, 2.75) is 26.4 Å². The third-order valence-electron chi connectivity index (χ3n) is 5.54. The highest BCUT2D eigenvalue weighted by atomic mass is 35.5. The van der Waals surface area contributed by atoms with Crippen LogP contribution in [0.2, 0.25) is 5.02 Å². The average Bonchev–Trinajstić information content (AvgIpc) is 3.20. The second-order valence-corrected chi connectivity index (χ2v) is 8.49. The first kappa shape index (κ1) is 24.4. The number of ether oxygens (including phenoxy) is 1. The molecule has 2 N–H and O–H groups in total. The molecule has 2 aromatic heterocycles. The number of amides is 2. The molecule has 0 saturated heterocycles. The van der Waals surface area contributed by atoms with Crippen molar-refractivity contribution in [1.82, 2.24) is 19.9 Å². The second-order valence-electron chi connectivity index (χ2n) is 8.08. The van der Waals surface area contributed by atoms with Gasteiger partial charge in [-0.2, -0.15) is 0 Å². The highest BCUT2D eigenvalue weighted by Crippen LogP contribution is 2.30. The molecule has 0 radical (unpaired) electrons. The van der Waals surface area contributed by atoms with Gasteiger partial charge in [-0.3, -0.25) is 14.6 Å². The van der Waals surface area contributed by atoms with Crippen LogP contribution in [0, 0.1) is 0 Å². The molecule has 1 unspecified atom stereocenters. The summed E-state index contributed by atoms with van der Waals surface area (Å²) < 4.78 is 7.25. The maximum atomic E-state index is 13.6. The maximum Gasteiger partial charge on any atom is 0.254 e. The quantitative estimate of drug-likeness (QED) is 0.367. The average molecular weight is 492 g/mol. The van der Waals surface area contributed by atoms with Crippen molar-refractivity contribution < 1.29 is 14.3 Å². The minimum atomic E-state index is -0.346. The van der Waals surface area contributed by atoms with Crippen molar-refractivity contribution in [2.24, 2.45) is 0 Å². The molecule has 0 aliphatic rings. The summed E-state index contributed by atoms with van der Waals surface area (Å²) in [5, 5.41) is 6.37. The van der Waals surface area contributed by atoms with Crippen LogP contribution in [0.3, 0.4) is 0 Å². The van der Waals surface area contributed by atoms with Crippen molar-refractivity contribution >= 4 is 40.1 Å². The van der Waals surface area contributed by atoms with E-state index in [0.717, 1.165) is 5.56 Å². The molecular formula is C26H26ClN5O3. The highest BCUT2D eigenvalue weighted by Gasteiger charge is 2.23. The number of hydrogen-bond acceptors (Lipinski definition) is 5. The Morgan fingerprint density at radius 1 is 1.14 bits per heavy atom. The standard InChI is InChI=1S/C26H26ClN5O3/c1-16(19-8-4-5-9-21(19)27)29-26(34)20-14-18(30-17(2)33)15-23-24(20)32(12-13-35-3)25(31-23)22-10-6-7-11-28-22/h4-11,14-16H,12-13H2,1-3H3,(H,29,34)(H,30,33). The molecule has 4 rings (SSSR count). The van der Waals surface area contributed by atoms with Gasteiger partial charge in [0.2, 0.25) is 5.91 Å². The fourth-order valence-electron chi connectivity index (χ4n) is 3.99. The van der Waals surface area contributed by atoms with Gasteiger partial charge in [0.15, 0.2) is 5.82 Å². The monoisotopic (exact) mass is 491 g/mol. The summed E-state index contributed by atoms with van der Waals surface area (Å²) in [5.41, 5.74) is 3.50. The number of benzene rings is 2. The summed E-state index contributed by atoms with van der Waals surface area (Å²) in [5.74, 6) is 0.0375. The number of methoxy groups -OCH3 is 1. The van der Waals surface area contributed by atoms with Crippen molar-refractivity contribution in [2.75, 3.05) is 19.0 Å². The van der Waals surface area contributed by atoms with Crippen molar-refractivity contribution in [3.8, 4) is 11.5 Å². The van der Waals surface area contributed by atoms with E-state index >= 15 is 0 Å². The van der Waals surface area contributed by atoms with E-state index in [1.165, 1.54) is 6.92 Å². The van der Waals surface area contributed by atoms with Crippen LogP contribution in [0.15, 0.2) is 60.8 Å². The van der Waals surface area contributed by atoms with E-state index in [1.54, 1.807) is 31.5 Å². The molecule has 2 aromatic carbocycles. The molecule has 0 fully saturated rings. The van der Waals surface area contributed by atoms with Gasteiger partial charge in [-0.15, -0.1) is 0 Å². The van der Waals surface area contributed by atoms with E-state index in [-0.39, 0.29) is 17.9 Å². The van der Waals surface area contributed by atoms with Gasteiger partial charge in [0.25, 0.3) is 5.91 Å². The molecule has 2 heterocycles. The van der Waals surface area contributed by atoms with Gasteiger partial charge in [-0.1, -0.05) is 35.9 Å². The van der Waals surface area contributed by atoms with Crippen molar-refractivity contribution in [3.63, 3.8) is 0 Å². The zero-order chi connectivity index (χ0) is 24.9. The third kappa shape index (κ3) is 5.34. The van der Waals surface area contributed by atoms with Crippen LogP contribution in [0.4, 0.5) is 5.69 Å². The number of nitrogens with zero attached hydrogens (tertiary/aromatic N) is 3. The number of aromatic nitrogens is 3. The summed E-state index contributed by atoms with van der Waals surface area (Å²) in [6.07, 6.45) is 1.69. The molecule has 0 saturated carbocycles. The number of hydrogen-bond donors (Lipinski definition) is 2. The number of pyridine rings is 1. The minimum Gasteiger partial charge on any atom is -0.383 e. The van der Waals surface area contributed by atoms with Gasteiger partial charge in [0.1, 0.15) is 5.69 Å². The van der Waals surface area contributed by atoms with Gasteiger partial charge in [-0.25, -0.2) is 4.98 Å². The maximum absolute atomic E-state index is 13.6. The zero-order valence-electron chi connectivity index (χ0n) is 19.7. The topological polar surface area (TPSA) is 98.1 Å². The Morgan fingerprint density at radius 2 is 1.91 bits per heavy atom. The van der Waals surface area contributed by atoms with Crippen LogP contribution in [-0.4, -0.2) is 40.1 Å². The zero-order valence-corrected chi connectivity index (χ0v) is 20.5. The molecule has 0 aliphatic carbocycles. The molecule has 0 spiro atoms. The van der Waals surface area contributed by atoms with E-state index < -0.39 is 0 Å². The Balaban J connectivity index is 1.86. The first-order chi connectivity index (χ1) is 16.9. The molecule has 0 bridgehead atoms. The van der Waals surface area contributed by atoms with E-state index in [9.17, 15) is 9.59 Å². The summed E-state index contributed by atoms with van der Waals surface area (Å²) >= 11 is 6.35. The summed E-state index contributed by atoms with van der Waals surface area (Å²) in [7, 11) is 1.62. The van der Waals surface area contributed by atoms with Gasteiger partial charge in [0.05, 0.1) is 29.2 Å². The third-order valence-corrected chi connectivity index (χ3v) is 5.88. The summed E-state index contributed by atoms with van der Waals surface area (Å²) in [6.45, 7) is 4.16. The van der Waals surface area contributed by atoms with Crippen LogP contribution in [0.1, 0.15) is 35.8 Å². The number of anilines is 1. The van der Waals surface area contributed by atoms with Gasteiger partial charge in [0, 0.05) is 37.5 Å². The van der Waals surface area contributed by atoms with Gasteiger partial charge < -0.3 is 19.9 Å². The van der Waals surface area contributed by atoms with Crippen LogP contribution >= 0.6 is 11.6 Å². The van der Waals surface area contributed by atoms with Crippen LogP contribution in [0.25, 0.3) is 22.6 Å². The van der Waals surface area contributed by atoms with E-state index in [1.807, 2.05) is 47.9 Å². The Morgan fingerprint density at radius 3 is 2.60 bits per heavy atom. The Kier molecular flexibility index (Phi) is 7.43. The van der Waals surface area contributed by atoms with Crippen LogP contribution in [-0.2, 0) is 16.1 Å². The first-order valence-corrected chi connectivity index (χ1v) is 11.5. The molecule has 35 heavy (non-hydrogen) atoms. The van der Waals surface area contributed by atoms with E-state index in [4.69, 9.17) is 21.3 Å². The number of halogens is 1. The Bertz CT molecular complexity index is 1370. The first-order valence-electron chi connectivity index (χ1n) is 11.2. The second kappa shape index (κ2) is 10.7.